The quantitative estimate of drug-likeness (QED) is 0.687. The first-order valence-corrected chi connectivity index (χ1v) is 4.40. The molecule has 0 aromatic carbocycles. The maximum absolute atomic E-state index is 9.25. The predicted molar refractivity (Wildman–Crippen MR) is 57.1 cm³/mol. The highest BCUT2D eigenvalue weighted by Crippen LogP contribution is 1.91. The molecule has 0 aromatic heterocycles. The normalized spacial score (nSPS) is 13.0. The molecule has 1 saturated heterocycles. The smallest absolute Gasteiger partial charge is 0.327 e. The molecule has 92 valence electrons. The molecule has 6 nitrogen and oxygen atoms in total. The van der Waals surface area contributed by atoms with Gasteiger partial charge in [-0.2, -0.15) is 0 Å². The Hall–Kier alpha value is -1.66. The van der Waals surface area contributed by atoms with Crippen LogP contribution in [-0.4, -0.2) is 42.2 Å². The van der Waals surface area contributed by atoms with Gasteiger partial charge in [0.05, 0.1) is 13.2 Å². The van der Waals surface area contributed by atoms with E-state index >= 15 is 0 Å². The van der Waals surface area contributed by atoms with E-state index in [-0.39, 0.29) is 0 Å². The Morgan fingerprint density at radius 2 is 1.31 bits per heavy atom. The van der Waals surface area contributed by atoms with Gasteiger partial charge >= 0.3 is 11.9 Å². The summed E-state index contributed by atoms with van der Waals surface area (Å²) in [5.74, 6) is -1.96. The van der Waals surface area contributed by atoms with Crippen molar-refractivity contribution in [3.8, 4) is 0 Å². The lowest BCUT2D eigenvalue weighted by molar-refractivity contribution is -0.132. The first-order chi connectivity index (χ1) is 7.54. The van der Waals surface area contributed by atoms with Crippen molar-refractivity contribution in [3.63, 3.8) is 0 Å². The molecule has 0 saturated carbocycles. The lowest BCUT2D eigenvalue weighted by Gasteiger charge is -2.09. The fourth-order valence-electron chi connectivity index (χ4n) is 0.440. The minimum atomic E-state index is -0.981. The van der Waals surface area contributed by atoms with Crippen molar-refractivity contribution < 1.29 is 29.3 Å². The fourth-order valence-corrected chi connectivity index (χ4v) is 0.440. The number of carbonyl (C=O) groups is 2. The summed E-state index contributed by atoms with van der Waals surface area (Å²) in [6, 6.07) is 0. The lowest BCUT2D eigenvalue weighted by atomic mass is 10.5. The molecule has 0 radical (unpaired) electrons. The minimum Gasteiger partial charge on any atom is -0.478 e. The molecule has 0 amide bonds. The fraction of sp³-hybridized carbons (Fsp3) is 0.400. The van der Waals surface area contributed by atoms with E-state index in [0.29, 0.717) is 6.79 Å². The van der Waals surface area contributed by atoms with Crippen molar-refractivity contribution in [3.05, 3.63) is 25.3 Å². The summed E-state index contributed by atoms with van der Waals surface area (Å²) in [6.07, 6.45) is 2.72. The van der Waals surface area contributed by atoms with Crippen molar-refractivity contribution in [2.75, 3.05) is 20.0 Å². The number of hydrogen-bond donors (Lipinski definition) is 2. The SMILES string of the molecule is C1COCOC1.C=CC(=O)O.C=CC(=O)O. The van der Waals surface area contributed by atoms with E-state index in [1.54, 1.807) is 0 Å². The Labute approximate surface area is 93.8 Å². The lowest BCUT2D eigenvalue weighted by Crippen LogP contribution is -2.11. The molecule has 0 atom stereocenters. The average molecular weight is 232 g/mol. The predicted octanol–water partition coefficient (Wildman–Crippen LogP) is 0.895. The molecule has 1 heterocycles. The molecule has 0 spiro atoms. The van der Waals surface area contributed by atoms with E-state index < -0.39 is 11.9 Å². The zero-order chi connectivity index (χ0) is 12.8. The Bertz CT molecular complexity index is 190. The topological polar surface area (TPSA) is 93.1 Å². The van der Waals surface area contributed by atoms with Crippen molar-refractivity contribution in [1.29, 1.82) is 0 Å². The van der Waals surface area contributed by atoms with Gasteiger partial charge in [0.2, 0.25) is 0 Å². The van der Waals surface area contributed by atoms with Crippen molar-refractivity contribution in [2.45, 2.75) is 6.42 Å². The highest BCUT2D eigenvalue weighted by atomic mass is 16.7. The second-order valence-corrected chi connectivity index (χ2v) is 2.37. The summed E-state index contributed by atoms with van der Waals surface area (Å²) in [7, 11) is 0. The van der Waals surface area contributed by atoms with Crippen LogP contribution in [-0.2, 0) is 19.1 Å². The van der Waals surface area contributed by atoms with E-state index in [2.05, 4.69) is 13.2 Å². The van der Waals surface area contributed by atoms with Crippen molar-refractivity contribution in [2.24, 2.45) is 0 Å². The number of aliphatic carboxylic acids is 2. The molecule has 0 aromatic rings. The Morgan fingerprint density at radius 1 is 1.00 bits per heavy atom. The van der Waals surface area contributed by atoms with Crippen LogP contribution < -0.4 is 0 Å². The summed E-state index contributed by atoms with van der Waals surface area (Å²) in [6.45, 7) is 8.17. The van der Waals surface area contributed by atoms with E-state index in [1.165, 1.54) is 0 Å². The summed E-state index contributed by atoms with van der Waals surface area (Å²) in [5, 5.41) is 15.2. The van der Waals surface area contributed by atoms with E-state index in [0.717, 1.165) is 31.8 Å². The van der Waals surface area contributed by atoms with Gasteiger partial charge in [0.1, 0.15) is 6.79 Å². The Kier molecular flexibility index (Phi) is 14.0. The van der Waals surface area contributed by atoms with Gasteiger partial charge in [-0.25, -0.2) is 9.59 Å². The van der Waals surface area contributed by atoms with Gasteiger partial charge < -0.3 is 19.7 Å². The molecule has 0 aliphatic carbocycles. The number of rotatable bonds is 2. The van der Waals surface area contributed by atoms with Crippen LogP contribution in [0.4, 0.5) is 0 Å². The van der Waals surface area contributed by atoms with Crippen LogP contribution in [0.5, 0.6) is 0 Å². The van der Waals surface area contributed by atoms with Gasteiger partial charge in [-0.1, -0.05) is 13.2 Å². The van der Waals surface area contributed by atoms with E-state index in [4.69, 9.17) is 19.7 Å². The average Bonchev–Trinajstić information content (AvgIpc) is 2.32. The Balaban J connectivity index is 0. The van der Waals surface area contributed by atoms with Gasteiger partial charge in [-0.3, -0.25) is 0 Å². The zero-order valence-corrected chi connectivity index (χ0v) is 8.92. The van der Waals surface area contributed by atoms with Crippen LogP contribution in [0.3, 0.4) is 0 Å². The molecule has 1 fully saturated rings. The third-order valence-electron chi connectivity index (χ3n) is 1.09. The molecule has 2 N–H and O–H groups in total. The van der Waals surface area contributed by atoms with Crippen molar-refractivity contribution in [1.82, 2.24) is 0 Å². The zero-order valence-electron chi connectivity index (χ0n) is 8.92. The summed E-state index contributed by atoms with van der Waals surface area (Å²) >= 11 is 0. The summed E-state index contributed by atoms with van der Waals surface area (Å²) in [5.41, 5.74) is 0. The minimum absolute atomic E-state index is 0.500. The number of carboxylic acids is 2. The van der Waals surface area contributed by atoms with Crippen LogP contribution in [0.2, 0.25) is 0 Å². The molecule has 0 bridgehead atoms. The highest BCUT2D eigenvalue weighted by Gasteiger charge is 1.94. The number of ether oxygens (including phenoxy) is 2. The van der Waals surface area contributed by atoms with Crippen LogP contribution in [0.1, 0.15) is 6.42 Å². The van der Waals surface area contributed by atoms with Gasteiger partial charge in [0.25, 0.3) is 0 Å². The summed E-state index contributed by atoms with van der Waals surface area (Å²) < 4.78 is 9.69. The molecule has 1 rings (SSSR count). The number of carboxylic acid groups (broad SMARTS) is 2. The highest BCUT2D eigenvalue weighted by molar-refractivity contribution is 5.79. The van der Waals surface area contributed by atoms with Gasteiger partial charge in [-0.15, -0.1) is 0 Å². The third-order valence-corrected chi connectivity index (χ3v) is 1.09. The van der Waals surface area contributed by atoms with Crippen LogP contribution in [0.15, 0.2) is 25.3 Å². The standard InChI is InChI=1S/C4H8O2.2C3H4O2/c1-2-5-4-6-3-1;2*1-2-3(4)5/h1-4H2;2*2H,1H2,(H,4,5). The second kappa shape index (κ2) is 13.3. The molecule has 6 heteroatoms. The molecular weight excluding hydrogens is 216 g/mol. The summed E-state index contributed by atoms with van der Waals surface area (Å²) in [4.78, 5) is 18.5. The van der Waals surface area contributed by atoms with Crippen LogP contribution >= 0.6 is 0 Å². The van der Waals surface area contributed by atoms with Crippen molar-refractivity contribution >= 4 is 11.9 Å². The maximum atomic E-state index is 9.25. The maximum Gasteiger partial charge on any atom is 0.327 e. The third kappa shape index (κ3) is 22.8. The molecular formula is C10H16O6. The molecule has 1 aliphatic rings. The first-order valence-electron chi connectivity index (χ1n) is 4.40. The van der Waals surface area contributed by atoms with E-state index in [9.17, 15) is 9.59 Å². The number of hydrogen-bond acceptors (Lipinski definition) is 4. The van der Waals surface area contributed by atoms with Gasteiger partial charge in [-0.05, 0) is 6.42 Å². The van der Waals surface area contributed by atoms with E-state index in [1.807, 2.05) is 0 Å². The Morgan fingerprint density at radius 3 is 1.38 bits per heavy atom. The molecule has 1 aliphatic heterocycles. The van der Waals surface area contributed by atoms with Crippen LogP contribution in [0, 0.1) is 0 Å². The second-order valence-electron chi connectivity index (χ2n) is 2.37. The molecule has 16 heavy (non-hydrogen) atoms. The van der Waals surface area contributed by atoms with Gasteiger partial charge in [0, 0.05) is 12.2 Å². The van der Waals surface area contributed by atoms with Crippen LogP contribution in [0.25, 0.3) is 0 Å². The molecule has 0 unspecified atom stereocenters. The monoisotopic (exact) mass is 232 g/mol. The first kappa shape index (κ1) is 16.8. The largest absolute Gasteiger partial charge is 0.478 e. The van der Waals surface area contributed by atoms with Gasteiger partial charge in [0.15, 0.2) is 0 Å².